The van der Waals surface area contributed by atoms with Crippen LogP contribution in [-0.2, 0) is 0 Å². The summed E-state index contributed by atoms with van der Waals surface area (Å²) in [5.41, 5.74) is 2.74. The van der Waals surface area contributed by atoms with Gasteiger partial charge in [0, 0.05) is 60.9 Å². The van der Waals surface area contributed by atoms with Crippen LogP contribution in [0.1, 0.15) is 27.2 Å². The molecular weight excluding hydrogens is 360 g/mol. The number of halogens is 1. The predicted octanol–water partition coefficient (Wildman–Crippen LogP) is 3.50. The number of hydrogen-bond acceptors (Lipinski definition) is 5. The van der Waals surface area contributed by atoms with Gasteiger partial charge in [0.1, 0.15) is 10.8 Å². The zero-order valence-corrected chi connectivity index (χ0v) is 16.5. The molecule has 3 atom stereocenters. The van der Waals surface area contributed by atoms with Gasteiger partial charge in [-0.2, -0.15) is 0 Å². The first-order valence-corrected chi connectivity index (χ1v) is 9.91. The van der Waals surface area contributed by atoms with Gasteiger partial charge in [-0.25, -0.2) is 15.0 Å². The smallest absolute Gasteiger partial charge is 0.212 e. The quantitative estimate of drug-likeness (QED) is 0.649. The molecule has 3 aromatic heterocycles. The summed E-state index contributed by atoms with van der Waals surface area (Å²) in [6.07, 6.45) is 6.75. The largest absolute Gasteiger partial charge is 0.336 e. The molecule has 3 unspecified atom stereocenters. The Labute approximate surface area is 163 Å². The normalized spacial score (nSPS) is 25.2. The number of nitrogens with zero attached hydrogens (tertiary/aromatic N) is 6. The van der Waals surface area contributed by atoms with E-state index in [4.69, 9.17) is 16.6 Å². The van der Waals surface area contributed by atoms with Crippen molar-refractivity contribution in [2.75, 3.05) is 11.4 Å². The van der Waals surface area contributed by atoms with Gasteiger partial charge in [-0.1, -0.05) is 11.6 Å². The van der Waals surface area contributed by atoms with E-state index in [1.807, 2.05) is 30.6 Å². The fourth-order valence-electron chi connectivity index (χ4n) is 4.99. The van der Waals surface area contributed by atoms with Gasteiger partial charge >= 0.3 is 0 Å². The maximum absolute atomic E-state index is 6.10. The number of hydrogen-bond donors (Lipinski definition) is 0. The Balaban J connectivity index is 1.59. The Hall–Kier alpha value is -2.18. The van der Waals surface area contributed by atoms with Gasteiger partial charge in [-0.05, 0) is 39.3 Å². The van der Waals surface area contributed by atoms with Crippen LogP contribution in [0.5, 0.6) is 0 Å². The Kier molecular flexibility index (Phi) is 3.88. The van der Waals surface area contributed by atoms with Gasteiger partial charge in [0.2, 0.25) is 5.95 Å². The summed E-state index contributed by atoms with van der Waals surface area (Å²) in [5, 5.41) is 0.473. The molecule has 2 aliphatic heterocycles. The van der Waals surface area contributed by atoms with Crippen molar-refractivity contribution >= 4 is 23.2 Å². The number of fused-ring (bicyclic) bond motifs is 3. The van der Waals surface area contributed by atoms with Crippen LogP contribution in [0.25, 0.3) is 16.9 Å². The van der Waals surface area contributed by atoms with Gasteiger partial charge in [0.25, 0.3) is 0 Å². The van der Waals surface area contributed by atoms with E-state index in [1.165, 1.54) is 6.42 Å². The average Bonchev–Trinajstić information content (AvgIpc) is 3.34. The second-order valence-corrected chi connectivity index (χ2v) is 8.24. The molecule has 0 N–H and O–H groups in total. The maximum atomic E-state index is 6.10. The third kappa shape index (κ3) is 2.62. The molecule has 5 rings (SSSR count). The van der Waals surface area contributed by atoms with Crippen molar-refractivity contribution in [3.8, 4) is 11.3 Å². The Morgan fingerprint density at radius 2 is 2.04 bits per heavy atom. The summed E-state index contributed by atoms with van der Waals surface area (Å²) in [4.78, 5) is 18.8. The summed E-state index contributed by atoms with van der Waals surface area (Å²) in [6, 6.07) is 7.96. The number of likely N-dealkylation sites (tertiary alicyclic amines) is 1. The Bertz CT molecular complexity index is 997. The number of piperazine rings is 1. The van der Waals surface area contributed by atoms with E-state index in [-0.39, 0.29) is 0 Å². The topological polar surface area (TPSA) is 49.6 Å². The van der Waals surface area contributed by atoms with Crippen LogP contribution in [0.15, 0.2) is 36.8 Å². The van der Waals surface area contributed by atoms with Crippen molar-refractivity contribution in [2.45, 2.75) is 51.4 Å². The lowest BCUT2D eigenvalue weighted by Crippen LogP contribution is -2.54. The second-order valence-electron chi connectivity index (χ2n) is 7.85. The first-order chi connectivity index (χ1) is 13.0. The van der Waals surface area contributed by atoms with Crippen LogP contribution in [0.4, 0.5) is 5.95 Å². The SMILES string of the molecule is CC(C)N1C2CC(C1C)N(c1nc(-c3ccnc(Cl)c3)cc3nccn13)C2. The lowest BCUT2D eigenvalue weighted by Gasteiger charge is -2.42. The Morgan fingerprint density at radius 3 is 2.78 bits per heavy atom. The highest BCUT2D eigenvalue weighted by Crippen LogP contribution is 2.39. The van der Waals surface area contributed by atoms with Crippen LogP contribution in [0.3, 0.4) is 0 Å². The molecule has 140 valence electrons. The zero-order chi connectivity index (χ0) is 18.7. The molecule has 3 aromatic rings. The highest BCUT2D eigenvalue weighted by molar-refractivity contribution is 6.29. The highest BCUT2D eigenvalue weighted by atomic mass is 35.5. The van der Waals surface area contributed by atoms with E-state index < -0.39 is 0 Å². The number of rotatable bonds is 3. The molecule has 2 aliphatic rings. The van der Waals surface area contributed by atoms with E-state index in [9.17, 15) is 0 Å². The maximum Gasteiger partial charge on any atom is 0.212 e. The number of anilines is 1. The molecule has 0 aliphatic carbocycles. The minimum Gasteiger partial charge on any atom is -0.336 e. The monoisotopic (exact) mass is 382 g/mol. The molecule has 2 fully saturated rings. The summed E-state index contributed by atoms with van der Waals surface area (Å²) in [5.74, 6) is 0.968. The molecule has 27 heavy (non-hydrogen) atoms. The van der Waals surface area contributed by atoms with E-state index in [2.05, 4.69) is 44.9 Å². The van der Waals surface area contributed by atoms with E-state index >= 15 is 0 Å². The lowest BCUT2D eigenvalue weighted by molar-refractivity contribution is 0.137. The molecule has 0 amide bonds. The molecule has 0 spiro atoms. The summed E-state index contributed by atoms with van der Waals surface area (Å²) in [6.45, 7) is 7.94. The van der Waals surface area contributed by atoms with Crippen LogP contribution >= 0.6 is 11.6 Å². The zero-order valence-electron chi connectivity index (χ0n) is 15.7. The first kappa shape index (κ1) is 17.0. The molecule has 7 heteroatoms. The number of pyridine rings is 1. The lowest BCUT2D eigenvalue weighted by atomic mass is 10.1. The molecule has 6 nitrogen and oxygen atoms in total. The number of aromatic nitrogens is 4. The fraction of sp³-hybridized carbons (Fsp3) is 0.450. The minimum atomic E-state index is 0.473. The molecule has 2 bridgehead atoms. The Morgan fingerprint density at radius 1 is 1.19 bits per heavy atom. The van der Waals surface area contributed by atoms with E-state index in [0.29, 0.717) is 29.3 Å². The third-order valence-corrected chi connectivity index (χ3v) is 6.22. The van der Waals surface area contributed by atoms with Crippen LogP contribution in [0, 0.1) is 0 Å². The van der Waals surface area contributed by atoms with Gasteiger partial charge in [0.05, 0.1) is 5.69 Å². The van der Waals surface area contributed by atoms with Crippen molar-refractivity contribution < 1.29 is 0 Å². The predicted molar refractivity (Wildman–Crippen MR) is 107 cm³/mol. The van der Waals surface area contributed by atoms with Crippen LogP contribution < -0.4 is 4.90 Å². The molecular formula is C20H23ClN6. The standard InChI is InChI=1S/C20H23ClN6/c1-12(2)27-13(3)17-9-15(27)11-26(17)20-24-16(10-19-23-6-7-25(19)20)14-4-5-22-18(21)8-14/h4-8,10,12-13,15,17H,9,11H2,1-3H3. The van der Waals surface area contributed by atoms with Crippen LogP contribution in [0.2, 0.25) is 5.15 Å². The van der Waals surface area contributed by atoms with Gasteiger partial charge < -0.3 is 4.90 Å². The van der Waals surface area contributed by atoms with Crippen molar-refractivity contribution in [3.05, 3.63) is 41.9 Å². The fourth-order valence-corrected chi connectivity index (χ4v) is 5.16. The van der Waals surface area contributed by atoms with Crippen molar-refractivity contribution in [1.82, 2.24) is 24.3 Å². The third-order valence-electron chi connectivity index (χ3n) is 6.02. The van der Waals surface area contributed by atoms with Crippen molar-refractivity contribution in [3.63, 3.8) is 0 Å². The highest BCUT2D eigenvalue weighted by Gasteiger charge is 2.50. The summed E-state index contributed by atoms with van der Waals surface area (Å²) >= 11 is 6.10. The van der Waals surface area contributed by atoms with E-state index in [1.54, 1.807) is 6.20 Å². The first-order valence-electron chi connectivity index (χ1n) is 9.53. The van der Waals surface area contributed by atoms with Crippen molar-refractivity contribution in [1.29, 1.82) is 0 Å². The molecule has 0 radical (unpaired) electrons. The van der Waals surface area contributed by atoms with Crippen molar-refractivity contribution in [2.24, 2.45) is 0 Å². The minimum absolute atomic E-state index is 0.473. The second kappa shape index (κ2) is 6.17. The number of imidazole rings is 1. The molecule has 2 saturated heterocycles. The van der Waals surface area contributed by atoms with Crippen LogP contribution in [-0.4, -0.2) is 55.0 Å². The molecule has 5 heterocycles. The van der Waals surface area contributed by atoms with Gasteiger partial charge in [-0.15, -0.1) is 0 Å². The summed E-state index contributed by atoms with van der Waals surface area (Å²) in [7, 11) is 0. The average molecular weight is 383 g/mol. The summed E-state index contributed by atoms with van der Waals surface area (Å²) < 4.78 is 2.10. The molecule has 0 aromatic carbocycles. The molecule has 0 saturated carbocycles. The van der Waals surface area contributed by atoms with E-state index in [0.717, 1.165) is 29.4 Å². The van der Waals surface area contributed by atoms with Gasteiger partial charge in [-0.3, -0.25) is 9.30 Å². The van der Waals surface area contributed by atoms with Gasteiger partial charge in [0.15, 0.2) is 0 Å².